The van der Waals surface area contributed by atoms with Gasteiger partial charge in [-0.05, 0) is 96.0 Å². The summed E-state index contributed by atoms with van der Waals surface area (Å²) in [4.78, 5) is 53.8. The molecule has 0 fully saturated rings. The van der Waals surface area contributed by atoms with E-state index in [2.05, 4.69) is 5.32 Å². The summed E-state index contributed by atoms with van der Waals surface area (Å²) in [6.45, 7) is 12.8. The number of fused-ring (bicyclic) bond motifs is 1. The molecule has 2 aliphatic rings. The minimum atomic E-state index is -1.07. The lowest BCUT2D eigenvalue weighted by molar-refractivity contribution is -0.139. The molecule has 1 aliphatic carbocycles. The standard InChI is InChI=1S/C29H33N3O5/c1-18-17-23(34)32(29(18)14-11-19(33)12-15-29)24(25(35)30-27(2,3)4)21-9-8-10-22-20(21)13-16-31(22)26(36)37-28(5,6)7/h8-17,24H,1-7H3,(H,30,35)/t24-/m1/s1. The van der Waals surface area contributed by atoms with Crippen molar-refractivity contribution in [3.05, 3.63) is 72.0 Å². The lowest BCUT2D eigenvalue weighted by Crippen LogP contribution is -2.54. The van der Waals surface area contributed by atoms with Crippen LogP contribution in [0.5, 0.6) is 0 Å². The molecule has 1 spiro atoms. The van der Waals surface area contributed by atoms with Crippen molar-refractivity contribution in [3.63, 3.8) is 0 Å². The molecule has 2 heterocycles. The predicted molar refractivity (Wildman–Crippen MR) is 141 cm³/mol. The van der Waals surface area contributed by atoms with Gasteiger partial charge in [-0.25, -0.2) is 4.79 Å². The fourth-order valence-electron chi connectivity index (χ4n) is 4.77. The van der Waals surface area contributed by atoms with Crippen LogP contribution >= 0.6 is 0 Å². The number of nitrogens with zero attached hydrogens (tertiary/aromatic N) is 2. The highest BCUT2D eigenvalue weighted by molar-refractivity contribution is 6.05. The molecule has 1 N–H and O–H groups in total. The number of hydrogen-bond donors (Lipinski definition) is 1. The Bertz CT molecular complexity index is 1380. The molecule has 0 saturated carbocycles. The fraction of sp³-hybridized carbons (Fsp3) is 0.379. The van der Waals surface area contributed by atoms with E-state index in [1.807, 2.05) is 20.8 Å². The first-order valence-corrected chi connectivity index (χ1v) is 12.2. The SMILES string of the molecule is CC1=CC(=O)N([C@@H](C(=O)NC(C)(C)C)c2cccc3c2ccn3C(=O)OC(C)(C)C)C12C=CC(=O)C=C2. The first-order valence-electron chi connectivity index (χ1n) is 12.2. The summed E-state index contributed by atoms with van der Waals surface area (Å²) in [5, 5.41) is 3.65. The number of benzene rings is 1. The van der Waals surface area contributed by atoms with Gasteiger partial charge in [-0.1, -0.05) is 12.1 Å². The minimum Gasteiger partial charge on any atom is -0.443 e. The minimum absolute atomic E-state index is 0.190. The number of ether oxygens (including phenoxy) is 1. The molecule has 2 aromatic rings. The van der Waals surface area contributed by atoms with Crippen molar-refractivity contribution in [2.45, 2.75) is 71.2 Å². The summed E-state index contributed by atoms with van der Waals surface area (Å²) in [5.41, 5.74) is -0.523. The topological polar surface area (TPSA) is 97.7 Å². The van der Waals surface area contributed by atoms with Gasteiger partial charge in [0.2, 0.25) is 11.8 Å². The summed E-state index contributed by atoms with van der Waals surface area (Å²) >= 11 is 0. The van der Waals surface area contributed by atoms with E-state index in [9.17, 15) is 19.2 Å². The molecule has 1 aromatic carbocycles. The Morgan fingerprint density at radius 1 is 1.00 bits per heavy atom. The van der Waals surface area contributed by atoms with Gasteiger partial charge in [0.25, 0.3) is 0 Å². The van der Waals surface area contributed by atoms with E-state index in [4.69, 9.17) is 4.74 Å². The predicted octanol–water partition coefficient (Wildman–Crippen LogP) is 4.60. The molecule has 194 valence electrons. The Balaban J connectivity index is 1.90. The highest BCUT2D eigenvalue weighted by Gasteiger charge is 2.49. The second-order valence-corrected chi connectivity index (χ2v) is 11.5. The number of nitrogens with one attached hydrogen (secondary N) is 1. The molecule has 8 heteroatoms. The fourth-order valence-corrected chi connectivity index (χ4v) is 4.77. The molecule has 1 aliphatic heterocycles. The van der Waals surface area contributed by atoms with Crippen molar-refractivity contribution in [2.24, 2.45) is 0 Å². The number of amides is 2. The van der Waals surface area contributed by atoms with Crippen LogP contribution in [0.4, 0.5) is 4.79 Å². The summed E-state index contributed by atoms with van der Waals surface area (Å²) in [7, 11) is 0. The van der Waals surface area contributed by atoms with Gasteiger partial charge in [0.1, 0.15) is 17.2 Å². The second kappa shape index (κ2) is 8.87. The third kappa shape index (κ3) is 4.88. The van der Waals surface area contributed by atoms with E-state index in [-0.39, 0.29) is 17.6 Å². The summed E-state index contributed by atoms with van der Waals surface area (Å²) < 4.78 is 6.95. The molecular formula is C29H33N3O5. The van der Waals surface area contributed by atoms with Crippen molar-refractivity contribution in [3.8, 4) is 0 Å². The molecule has 0 bridgehead atoms. The number of allylic oxidation sites excluding steroid dienone is 2. The normalized spacial score (nSPS) is 17.9. The van der Waals surface area contributed by atoms with Crippen LogP contribution in [-0.2, 0) is 19.1 Å². The Morgan fingerprint density at radius 3 is 2.24 bits per heavy atom. The molecule has 4 rings (SSSR count). The zero-order valence-corrected chi connectivity index (χ0v) is 22.3. The first-order chi connectivity index (χ1) is 17.1. The molecule has 1 atom stereocenters. The summed E-state index contributed by atoms with van der Waals surface area (Å²) in [6.07, 6.45) is 8.71. The first kappa shape index (κ1) is 26.1. The van der Waals surface area contributed by atoms with Gasteiger partial charge < -0.3 is 15.0 Å². The summed E-state index contributed by atoms with van der Waals surface area (Å²) in [5.74, 6) is -0.914. The van der Waals surface area contributed by atoms with E-state index < -0.39 is 28.8 Å². The maximum atomic E-state index is 13.9. The lowest BCUT2D eigenvalue weighted by Gasteiger charge is -2.42. The number of ketones is 1. The van der Waals surface area contributed by atoms with Gasteiger partial charge in [-0.3, -0.25) is 19.0 Å². The number of rotatable bonds is 3. The smallest absolute Gasteiger partial charge is 0.418 e. The molecule has 0 radical (unpaired) electrons. The maximum absolute atomic E-state index is 13.9. The molecule has 2 amide bonds. The molecule has 0 saturated heterocycles. The highest BCUT2D eigenvalue weighted by Crippen LogP contribution is 2.43. The number of carbonyl (C=O) groups is 4. The average molecular weight is 504 g/mol. The third-order valence-electron chi connectivity index (χ3n) is 6.27. The van der Waals surface area contributed by atoms with E-state index in [1.165, 1.54) is 27.7 Å². The Kier molecular flexibility index (Phi) is 6.26. The lowest BCUT2D eigenvalue weighted by atomic mass is 9.84. The maximum Gasteiger partial charge on any atom is 0.418 e. The highest BCUT2D eigenvalue weighted by atomic mass is 16.6. The Labute approximate surface area is 216 Å². The quantitative estimate of drug-likeness (QED) is 0.660. The zero-order valence-electron chi connectivity index (χ0n) is 22.3. The van der Waals surface area contributed by atoms with Crippen LogP contribution < -0.4 is 5.32 Å². The Morgan fingerprint density at radius 2 is 1.65 bits per heavy atom. The van der Waals surface area contributed by atoms with Crippen molar-refractivity contribution < 1.29 is 23.9 Å². The van der Waals surface area contributed by atoms with Crippen LogP contribution in [0.3, 0.4) is 0 Å². The van der Waals surface area contributed by atoms with E-state index in [0.29, 0.717) is 22.0 Å². The number of carbonyl (C=O) groups excluding carboxylic acids is 4. The third-order valence-corrected chi connectivity index (χ3v) is 6.27. The molecule has 37 heavy (non-hydrogen) atoms. The second-order valence-electron chi connectivity index (χ2n) is 11.5. The van der Waals surface area contributed by atoms with Crippen LogP contribution in [0.2, 0.25) is 0 Å². The van der Waals surface area contributed by atoms with Crippen molar-refractivity contribution in [2.75, 3.05) is 0 Å². The van der Waals surface area contributed by atoms with Gasteiger partial charge in [0.05, 0.1) is 5.52 Å². The van der Waals surface area contributed by atoms with Crippen LogP contribution in [0.1, 0.15) is 60.1 Å². The van der Waals surface area contributed by atoms with Crippen LogP contribution in [0.15, 0.2) is 66.4 Å². The number of hydrogen-bond acceptors (Lipinski definition) is 5. The molecule has 0 unspecified atom stereocenters. The largest absolute Gasteiger partial charge is 0.443 e. The van der Waals surface area contributed by atoms with Crippen LogP contribution in [-0.4, -0.2) is 49.8 Å². The molecule has 1 aromatic heterocycles. The average Bonchev–Trinajstić information content (AvgIpc) is 3.29. The van der Waals surface area contributed by atoms with Gasteiger partial charge in [0.15, 0.2) is 5.78 Å². The van der Waals surface area contributed by atoms with Gasteiger partial charge in [-0.2, -0.15) is 0 Å². The van der Waals surface area contributed by atoms with Crippen LogP contribution in [0.25, 0.3) is 10.9 Å². The number of aromatic nitrogens is 1. The van der Waals surface area contributed by atoms with Crippen LogP contribution in [0, 0.1) is 0 Å². The van der Waals surface area contributed by atoms with Gasteiger partial charge >= 0.3 is 6.09 Å². The molecule has 8 nitrogen and oxygen atoms in total. The van der Waals surface area contributed by atoms with Crippen molar-refractivity contribution in [1.29, 1.82) is 0 Å². The van der Waals surface area contributed by atoms with Crippen molar-refractivity contribution in [1.82, 2.24) is 14.8 Å². The van der Waals surface area contributed by atoms with E-state index in [0.717, 1.165) is 0 Å². The Hall–Kier alpha value is -3.94. The van der Waals surface area contributed by atoms with Gasteiger partial charge in [-0.15, -0.1) is 0 Å². The zero-order chi connectivity index (χ0) is 27.3. The van der Waals surface area contributed by atoms with Gasteiger partial charge in [0, 0.05) is 23.2 Å². The van der Waals surface area contributed by atoms with E-state index >= 15 is 0 Å². The molecular weight excluding hydrogens is 470 g/mol. The van der Waals surface area contributed by atoms with Crippen molar-refractivity contribution >= 4 is 34.6 Å². The monoisotopic (exact) mass is 503 g/mol. The summed E-state index contributed by atoms with van der Waals surface area (Å²) in [6, 6.07) is 5.99. The van der Waals surface area contributed by atoms with E-state index in [1.54, 1.807) is 70.3 Å².